The van der Waals surface area contributed by atoms with Crippen LogP contribution in [-0.2, 0) is 0 Å². The highest BCUT2D eigenvalue weighted by atomic mass is 19.2. The van der Waals surface area contributed by atoms with Crippen LogP contribution in [0.4, 0.5) is 8.78 Å². The molecule has 0 heterocycles. The lowest BCUT2D eigenvalue weighted by atomic mass is 10.2. The van der Waals surface area contributed by atoms with Gasteiger partial charge in [0.2, 0.25) is 0 Å². The van der Waals surface area contributed by atoms with Gasteiger partial charge in [-0.25, -0.2) is 8.78 Å². The van der Waals surface area contributed by atoms with Gasteiger partial charge in [0.05, 0.1) is 0 Å². The van der Waals surface area contributed by atoms with Gasteiger partial charge in [-0.1, -0.05) is 13.3 Å². The highest BCUT2D eigenvalue weighted by Gasteiger charge is 2.09. The molecule has 0 saturated heterocycles. The van der Waals surface area contributed by atoms with Gasteiger partial charge in [-0.05, 0) is 18.6 Å². The number of nitrogens with two attached hydrogens (primary N) is 1. The minimum Gasteiger partial charge on any atom is -0.489 e. The third kappa shape index (κ3) is 3.47. The van der Waals surface area contributed by atoms with Crippen molar-refractivity contribution in [3.8, 4) is 5.75 Å². The van der Waals surface area contributed by atoms with Gasteiger partial charge in [0.15, 0.2) is 11.6 Å². The van der Waals surface area contributed by atoms with E-state index in [1.54, 1.807) is 0 Å². The van der Waals surface area contributed by atoms with Crippen LogP contribution in [0.15, 0.2) is 18.2 Å². The van der Waals surface area contributed by atoms with E-state index < -0.39 is 11.6 Å². The zero-order chi connectivity index (χ0) is 11.3. The van der Waals surface area contributed by atoms with Crippen molar-refractivity contribution >= 4 is 0 Å². The fourth-order valence-corrected chi connectivity index (χ4v) is 1.29. The summed E-state index contributed by atoms with van der Waals surface area (Å²) < 4.78 is 30.9. The van der Waals surface area contributed by atoms with Crippen LogP contribution in [0.2, 0.25) is 0 Å². The van der Waals surface area contributed by atoms with E-state index >= 15 is 0 Å². The molecule has 1 unspecified atom stereocenters. The molecule has 0 fully saturated rings. The van der Waals surface area contributed by atoms with Gasteiger partial charge < -0.3 is 10.5 Å². The molecule has 0 radical (unpaired) electrons. The van der Waals surface area contributed by atoms with E-state index in [4.69, 9.17) is 10.5 Å². The summed E-state index contributed by atoms with van der Waals surface area (Å²) in [6.45, 7) is 2.38. The van der Waals surface area contributed by atoms with Crippen LogP contribution in [-0.4, -0.2) is 12.6 Å². The standard InChI is InChI=1S/C11H15F2NO/c1-2-3-9(7-14)15-8-4-5-10(12)11(13)6-8/h4-6,9H,2-3,7,14H2,1H3. The lowest BCUT2D eigenvalue weighted by Gasteiger charge is -2.16. The second kappa shape index (κ2) is 5.66. The van der Waals surface area contributed by atoms with Gasteiger partial charge in [0, 0.05) is 12.6 Å². The summed E-state index contributed by atoms with van der Waals surface area (Å²) in [5.74, 6) is -1.46. The molecule has 0 aliphatic carbocycles. The summed E-state index contributed by atoms with van der Waals surface area (Å²) >= 11 is 0. The Kier molecular flexibility index (Phi) is 4.49. The molecule has 0 spiro atoms. The quantitative estimate of drug-likeness (QED) is 0.818. The Morgan fingerprint density at radius 2 is 2.07 bits per heavy atom. The van der Waals surface area contributed by atoms with E-state index in [-0.39, 0.29) is 6.10 Å². The summed E-state index contributed by atoms with van der Waals surface area (Å²) in [5, 5.41) is 0. The van der Waals surface area contributed by atoms with Gasteiger partial charge in [-0.2, -0.15) is 0 Å². The van der Waals surface area contributed by atoms with Crippen LogP contribution in [0.1, 0.15) is 19.8 Å². The molecule has 84 valence electrons. The van der Waals surface area contributed by atoms with Crippen LogP contribution in [0.5, 0.6) is 5.75 Å². The Morgan fingerprint density at radius 1 is 1.33 bits per heavy atom. The predicted octanol–water partition coefficient (Wildman–Crippen LogP) is 2.47. The Morgan fingerprint density at radius 3 is 2.60 bits per heavy atom. The van der Waals surface area contributed by atoms with Crippen LogP contribution in [0.3, 0.4) is 0 Å². The SMILES string of the molecule is CCCC(CN)Oc1ccc(F)c(F)c1. The minimum absolute atomic E-state index is 0.139. The van der Waals surface area contributed by atoms with Crippen LogP contribution in [0.25, 0.3) is 0 Å². The Bertz CT molecular complexity index is 317. The first-order valence-corrected chi connectivity index (χ1v) is 4.99. The average molecular weight is 215 g/mol. The van der Waals surface area contributed by atoms with E-state index in [1.165, 1.54) is 6.07 Å². The fourth-order valence-electron chi connectivity index (χ4n) is 1.29. The monoisotopic (exact) mass is 215 g/mol. The lowest BCUT2D eigenvalue weighted by Crippen LogP contribution is -2.26. The molecular formula is C11H15F2NO. The largest absolute Gasteiger partial charge is 0.489 e. The number of hydrogen-bond donors (Lipinski definition) is 1. The van der Waals surface area contributed by atoms with Gasteiger partial charge >= 0.3 is 0 Å². The normalized spacial score (nSPS) is 12.5. The number of ether oxygens (including phenoxy) is 1. The van der Waals surface area contributed by atoms with Gasteiger partial charge in [-0.15, -0.1) is 0 Å². The first kappa shape index (κ1) is 11.9. The Labute approximate surface area is 88.0 Å². The third-order valence-electron chi connectivity index (χ3n) is 2.07. The molecule has 0 amide bonds. The summed E-state index contributed by atoms with van der Waals surface area (Å²) in [5.41, 5.74) is 5.48. The first-order valence-electron chi connectivity index (χ1n) is 4.99. The molecule has 2 N–H and O–H groups in total. The van der Waals surface area contributed by atoms with Crippen molar-refractivity contribution < 1.29 is 13.5 Å². The summed E-state index contributed by atoms with van der Waals surface area (Å²) in [6, 6.07) is 3.48. The van der Waals surface area contributed by atoms with Crippen molar-refractivity contribution in [1.82, 2.24) is 0 Å². The maximum atomic E-state index is 12.8. The minimum atomic E-state index is -0.903. The van der Waals surface area contributed by atoms with Gasteiger partial charge in [-0.3, -0.25) is 0 Å². The second-order valence-corrected chi connectivity index (χ2v) is 3.34. The molecule has 1 rings (SSSR count). The van der Waals surface area contributed by atoms with Crippen molar-refractivity contribution in [3.05, 3.63) is 29.8 Å². The van der Waals surface area contributed by atoms with E-state index in [0.717, 1.165) is 25.0 Å². The molecule has 0 aromatic heterocycles. The number of halogens is 2. The number of rotatable bonds is 5. The zero-order valence-electron chi connectivity index (χ0n) is 8.67. The second-order valence-electron chi connectivity index (χ2n) is 3.34. The first-order chi connectivity index (χ1) is 7.17. The van der Waals surface area contributed by atoms with E-state index in [9.17, 15) is 8.78 Å². The maximum absolute atomic E-state index is 12.8. The van der Waals surface area contributed by atoms with Crippen molar-refractivity contribution in [2.24, 2.45) is 5.73 Å². The van der Waals surface area contributed by atoms with Gasteiger partial charge in [0.25, 0.3) is 0 Å². The molecule has 1 atom stereocenters. The smallest absolute Gasteiger partial charge is 0.162 e. The van der Waals surface area contributed by atoms with E-state index in [2.05, 4.69) is 0 Å². The summed E-state index contributed by atoms with van der Waals surface area (Å²) in [6.07, 6.45) is 1.60. The highest BCUT2D eigenvalue weighted by molar-refractivity contribution is 5.23. The van der Waals surface area contributed by atoms with Crippen molar-refractivity contribution in [1.29, 1.82) is 0 Å². The molecule has 0 saturated carbocycles. The molecule has 0 aliphatic heterocycles. The fraction of sp³-hybridized carbons (Fsp3) is 0.455. The van der Waals surface area contributed by atoms with E-state index in [1.807, 2.05) is 6.92 Å². The van der Waals surface area contributed by atoms with E-state index in [0.29, 0.717) is 12.3 Å². The molecule has 0 aliphatic rings. The maximum Gasteiger partial charge on any atom is 0.162 e. The van der Waals surface area contributed by atoms with Crippen molar-refractivity contribution in [2.75, 3.05) is 6.54 Å². The third-order valence-corrected chi connectivity index (χ3v) is 2.07. The van der Waals surface area contributed by atoms with Crippen molar-refractivity contribution in [3.63, 3.8) is 0 Å². The molecule has 1 aromatic rings. The Hall–Kier alpha value is -1.16. The Balaban J connectivity index is 2.66. The molecular weight excluding hydrogens is 200 g/mol. The highest BCUT2D eigenvalue weighted by Crippen LogP contribution is 2.17. The molecule has 0 bridgehead atoms. The molecule has 1 aromatic carbocycles. The number of benzene rings is 1. The van der Waals surface area contributed by atoms with Crippen LogP contribution < -0.4 is 10.5 Å². The summed E-state index contributed by atoms with van der Waals surface area (Å²) in [4.78, 5) is 0. The van der Waals surface area contributed by atoms with Gasteiger partial charge in [0.1, 0.15) is 11.9 Å². The average Bonchev–Trinajstić information content (AvgIpc) is 2.23. The van der Waals surface area contributed by atoms with Crippen LogP contribution in [0, 0.1) is 11.6 Å². The predicted molar refractivity (Wildman–Crippen MR) is 54.7 cm³/mol. The van der Waals surface area contributed by atoms with Crippen molar-refractivity contribution in [2.45, 2.75) is 25.9 Å². The van der Waals surface area contributed by atoms with Crippen LogP contribution >= 0.6 is 0 Å². The number of hydrogen-bond acceptors (Lipinski definition) is 2. The molecule has 2 nitrogen and oxygen atoms in total. The zero-order valence-corrected chi connectivity index (χ0v) is 8.67. The topological polar surface area (TPSA) is 35.2 Å². The lowest BCUT2D eigenvalue weighted by molar-refractivity contribution is 0.197. The summed E-state index contributed by atoms with van der Waals surface area (Å²) in [7, 11) is 0. The molecule has 4 heteroatoms. The molecule has 15 heavy (non-hydrogen) atoms.